The quantitative estimate of drug-likeness (QED) is 0.337. The van der Waals surface area contributed by atoms with E-state index in [2.05, 4.69) is 14.7 Å². The summed E-state index contributed by atoms with van der Waals surface area (Å²) in [5.74, 6) is -1.82. The summed E-state index contributed by atoms with van der Waals surface area (Å²) in [6.45, 7) is 7.17. The van der Waals surface area contributed by atoms with Gasteiger partial charge in [0.2, 0.25) is 5.95 Å². The fourth-order valence-corrected chi connectivity index (χ4v) is 3.09. The third-order valence-electron chi connectivity index (χ3n) is 3.73. The van der Waals surface area contributed by atoms with Gasteiger partial charge in [-0.05, 0) is 11.9 Å². The van der Waals surface area contributed by atoms with Crippen LogP contribution in [0.15, 0.2) is 11.1 Å². The van der Waals surface area contributed by atoms with E-state index in [-0.39, 0.29) is 17.8 Å². The van der Waals surface area contributed by atoms with E-state index in [1.807, 2.05) is 13.8 Å². The maximum Gasteiger partial charge on any atom is 0.354 e. The lowest BCUT2D eigenvalue weighted by Crippen LogP contribution is -2.42. The molecular formula is C17H24N4O8S. The van der Waals surface area contributed by atoms with E-state index in [1.165, 1.54) is 32.1 Å². The average Bonchev–Trinajstić information content (AvgIpc) is 2.94. The second kappa shape index (κ2) is 10.4. The molecule has 12 nitrogen and oxygen atoms in total. The zero-order valence-electron chi connectivity index (χ0n) is 17.2. The van der Waals surface area contributed by atoms with Gasteiger partial charge in [-0.25, -0.2) is 9.78 Å². The minimum absolute atomic E-state index is 0.102. The predicted octanol–water partition coefficient (Wildman–Crippen LogP) is 0.431. The van der Waals surface area contributed by atoms with Crippen molar-refractivity contribution in [3.63, 3.8) is 0 Å². The second-order valence-electron chi connectivity index (χ2n) is 6.65. The standard InChI is InChI=1S/C17H24N4O8S/c1-8(2)30-20-16-18-7-21(17(25)19-16)15-14(28-11(5)24)13(27-10(4)23)12(29-15)6-26-9(3)22/h7-8,12-15H,6H2,1-5H3,(H,19,20,25)/t12-,13?,14+,15-/m1/s1. The molecule has 30 heavy (non-hydrogen) atoms. The van der Waals surface area contributed by atoms with Crippen LogP contribution in [0.4, 0.5) is 5.95 Å². The van der Waals surface area contributed by atoms with Gasteiger partial charge in [-0.1, -0.05) is 13.8 Å². The van der Waals surface area contributed by atoms with Gasteiger partial charge in [0.25, 0.3) is 0 Å². The molecular weight excluding hydrogens is 420 g/mol. The molecule has 0 aromatic carbocycles. The first-order valence-electron chi connectivity index (χ1n) is 9.08. The van der Waals surface area contributed by atoms with Crippen molar-refractivity contribution >= 4 is 35.8 Å². The fourth-order valence-electron chi connectivity index (χ4n) is 2.65. The van der Waals surface area contributed by atoms with Crippen molar-refractivity contribution in [3.05, 3.63) is 16.8 Å². The zero-order valence-corrected chi connectivity index (χ0v) is 18.0. The lowest BCUT2D eigenvalue weighted by atomic mass is 10.1. The number of esters is 3. The predicted molar refractivity (Wildman–Crippen MR) is 104 cm³/mol. The molecule has 2 heterocycles. The van der Waals surface area contributed by atoms with Crippen LogP contribution >= 0.6 is 11.9 Å². The molecule has 1 aliphatic rings. The Hall–Kier alpha value is -2.67. The van der Waals surface area contributed by atoms with Crippen LogP contribution in [0.3, 0.4) is 0 Å². The molecule has 1 aromatic heterocycles. The van der Waals surface area contributed by atoms with Crippen molar-refractivity contribution in [2.75, 3.05) is 11.3 Å². The van der Waals surface area contributed by atoms with Gasteiger partial charge in [-0.3, -0.25) is 23.7 Å². The maximum absolute atomic E-state index is 12.6. The fraction of sp³-hybridized carbons (Fsp3) is 0.647. The minimum atomic E-state index is -1.20. The van der Waals surface area contributed by atoms with Gasteiger partial charge in [-0.2, -0.15) is 4.98 Å². The van der Waals surface area contributed by atoms with Crippen molar-refractivity contribution in [2.45, 2.75) is 64.4 Å². The van der Waals surface area contributed by atoms with Gasteiger partial charge in [-0.15, -0.1) is 0 Å². The summed E-state index contributed by atoms with van der Waals surface area (Å²) in [5.41, 5.74) is -0.728. The van der Waals surface area contributed by atoms with Crippen LogP contribution in [0, 0.1) is 0 Å². The molecule has 0 spiro atoms. The van der Waals surface area contributed by atoms with Gasteiger partial charge >= 0.3 is 23.6 Å². The van der Waals surface area contributed by atoms with Gasteiger partial charge in [0.05, 0.1) is 0 Å². The van der Waals surface area contributed by atoms with Crippen molar-refractivity contribution in [1.29, 1.82) is 0 Å². The highest BCUT2D eigenvalue weighted by Crippen LogP contribution is 2.33. The topological polar surface area (TPSA) is 148 Å². The third-order valence-corrected chi connectivity index (χ3v) is 4.50. The zero-order chi connectivity index (χ0) is 22.4. The summed E-state index contributed by atoms with van der Waals surface area (Å²) in [5, 5.41) is 0.231. The van der Waals surface area contributed by atoms with Crippen LogP contribution in [0.1, 0.15) is 40.8 Å². The van der Waals surface area contributed by atoms with E-state index < -0.39 is 48.1 Å². The number of hydrogen-bond donors (Lipinski definition) is 1. The van der Waals surface area contributed by atoms with Crippen LogP contribution in [-0.4, -0.2) is 62.6 Å². The van der Waals surface area contributed by atoms with Gasteiger partial charge in [0.1, 0.15) is 19.0 Å². The summed E-state index contributed by atoms with van der Waals surface area (Å²) < 4.78 is 25.1. The number of nitrogens with zero attached hydrogens (tertiary/aromatic N) is 3. The largest absolute Gasteiger partial charge is 0.463 e. The van der Waals surface area contributed by atoms with Gasteiger partial charge < -0.3 is 18.9 Å². The summed E-state index contributed by atoms with van der Waals surface area (Å²) in [7, 11) is 0. The monoisotopic (exact) mass is 444 g/mol. The van der Waals surface area contributed by atoms with Crippen LogP contribution < -0.4 is 10.4 Å². The first-order chi connectivity index (χ1) is 14.1. The Labute approximate surface area is 176 Å². The molecule has 0 bridgehead atoms. The van der Waals surface area contributed by atoms with Crippen LogP contribution in [0.25, 0.3) is 0 Å². The lowest BCUT2D eigenvalue weighted by Gasteiger charge is -2.23. The number of ether oxygens (including phenoxy) is 4. The molecule has 1 unspecified atom stereocenters. The Bertz CT molecular complexity index is 845. The number of aromatic nitrogens is 3. The summed E-state index contributed by atoms with van der Waals surface area (Å²) in [6, 6.07) is 0. The molecule has 1 aromatic rings. The molecule has 0 saturated carbocycles. The summed E-state index contributed by atoms with van der Waals surface area (Å²) >= 11 is 1.33. The average molecular weight is 444 g/mol. The first kappa shape index (κ1) is 23.6. The molecule has 0 radical (unpaired) electrons. The lowest BCUT2D eigenvalue weighted by molar-refractivity contribution is -0.166. The minimum Gasteiger partial charge on any atom is -0.463 e. The molecule has 1 saturated heterocycles. The molecule has 1 fully saturated rings. The number of anilines is 1. The van der Waals surface area contributed by atoms with Crippen LogP contribution in [0.2, 0.25) is 0 Å². The van der Waals surface area contributed by atoms with E-state index in [0.29, 0.717) is 0 Å². The van der Waals surface area contributed by atoms with E-state index in [1.54, 1.807) is 0 Å². The van der Waals surface area contributed by atoms with Crippen molar-refractivity contribution in [2.24, 2.45) is 0 Å². The van der Waals surface area contributed by atoms with Gasteiger partial charge in [0, 0.05) is 26.0 Å². The normalized spacial score (nSPS) is 23.1. The Morgan fingerprint density at radius 2 is 1.80 bits per heavy atom. The molecule has 0 aliphatic carbocycles. The number of carbonyl (C=O) groups is 3. The smallest absolute Gasteiger partial charge is 0.354 e. The van der Waals surface area contributed by atoms with Crippen molar-refractivity contribution in [1.82, 2.24) is 14.5 Å². The Morgan fingerprint density at radius 3 is 2.33 bits per heavy atom. The van der Waals surface area contributed by atoms with Crippen molar-refractivity contribution in [3.8, 4) is 0 Å². The van der Waals surface area contributed by atoms with E-state index in [4.69, 9.17) is 18.9 Å². The molecule has 0 amide bonds. The molecule has 2 rings (SSSR count). The van der Waals surface area contributed by atoms with Crippen LogP contribution in [0.5, 0.6) is 0 Å². The SMILES string of the molecule is CC(=O)OC[C@H]1O[C@@H](n2cnc(NSC(C)C)nc2=O)[C@@H](OC(C)=O)C1OC(C)=O. The molecule has 1 aliphatic heterocycles. The first-order valence-corrected chi connectivity index (χ1v) is 9.96. The maximum atomic E-state index is 12.6. The van der Waals surface area contributed by atoms with E-state index in [9.17, 15) is 19.2 Å². The Kier molecular flexibility index (Phi) is 8.17. The van der Waals surface area contributed by atoms with Crippen LogP contribution in [-0.2, 0) is 33.3 Å². The third kappa shape index (κ3) is 6.42. The molecule has 1 N–H and O–H groups in total. The summed E-state index contributed by atoms with van der Waals surface area (Å²) in [4.78, 5) is 54.8. The Morgan fingerprint density at radius 1 is 1.17 bits per heavy atom. The number of hydrogen-bond acceptors (Lipinski definition) is 12. The second-order valence-corrected chi connectivity index (χ2v) is 8.04. The number of carbonyl (C=O) groups excluding carboxylic acids is 3. The van der Waals surface area contributed by atoms with Gasteiger partial charge in [0.15, 0.2) is 18.4 Å². The number of nitrogens with one attached hydrogen (secondary N) is 1. The Balaban J connectivity index is 2.35. The molecule has 13 heteroatoms. The van der Waals surface area contributed by atoms with E-state index >= 15 is 0 Å². The molecule has 4 atom stereocenters. The highest BCUT2D eigenvalue weighted by atomic mass is 32.2. The highest BCUT2D eigenvalue weighted by molar-refractivity contribution is 8.01. The highest BCUT2D eigenvalue weighted by Gasteiger charge is 2.51. The molecule has 166 valence electrons. The van der Waals surface area contributed by atoms with Crippen molar-refractivity contribution < 1.29 is 33.3 Å². The number of rotatable bonds is 8. The van der Waals surface area contributed by atoms with E-state index in [0.717, 1.165) is 11.5 Å². The summed E-state index contributed by atoms with van der Waals surface area (Å²) in [6.07, 6.45) is -3.29.